The zero-order valence-corrected chi connectivity index (χ0v) is 8.49. The summed E-state index contributed by atoms with van der Waals surface area (Å²) in [5, 5.41) is 0. The van der Waals surface area contributed by atoms with Gasteiger partial charge in [0.25, 0.3) is 0 Å². The molecule has 1 aromatic carbocycles. The fourth-order valence-corrected chi connectivity index (χ4v) is 1.54. The summed E-state index contributed by atoms with van der Waals surface area (Å²) < 4.78 is 42.5. The summed E-state index contributed by atoms with van der Waals surface area (Å²) >= 11 is 0. The SMILES string of the molecule is O=c1occc(-c2ccccc2)c1C(F)(F)F. The van der Waals surface area contributed by atoms with Gasteiger partial charge < -0.3 is 4.42 Å². The van der Waals surface area contributed by atoms with Crippen LogP contribution in [0.1, 0.15) is 5.56 Å². The molecule has 0 aliphatic carbocycles. The van der Waals surface area contributed by atoms with Gasteiger partial charge in [0.15, 0.2) is 0 Å². The van der Waals surface area contributed by atoms with Crippen molar-refractivity contribution in [2.24, 2.45) is 0 Å². The first-order valence-electron chi connectivity index (χ1n) is 4.74. The summed E-state index contributed by atoms with van der Waals surface area (Å²) in [6.45, 7) is 0. The summed E-state index contributed by atoms with van der Waals surface area (Å²) in [7, 11) is 0. The van der Waals surface area contributed by atoms with Crippen molar-refractivity contribution in [1.82, 2.24) is 0 Å². The van der Waals surface area contributed by atoms with Crippen LogP contribution in [0, 0.1) is 0 Å². The molecule has 0 saturated heterocycles. The molecule has 0 aliphatic rings. The van der Waals surface area contributed by atoms with Gasteiger partial charge in [-0.3, -0.25) is 0 Å². The largest absolute Gasteiger partial charge is 0.431 e. The predicted octanol–water partition coefficient (Wildman–Crippen LogP) is 3.33. The highest BCUT2D eigenvalue weighted by Crippen LogP contribution is 2.34. The smallest absolute Gasteiger partial charge is 0.424 e. The molecule has 0 fully saturated rings. The van der Waals surface area contributed by atoms with Gasteiger partial charge in [0.1, 0.15) is 5.56 Å². The van der Waals surface area contributed by atoms with Gasteiger partial charge in [0.2, 0.25) is 0 Å². The van der Waals surface area contributed by atoms with E-state index >= 15 is 0 Å². The standard InChI is InChI=1S/C12H7F3O2/c13-12(14,15)10-9(6-7-17-11(10)16)8-4-2-1-3-5-8/h1-7H. The summed E-state index contributed by atoms with van der Waals surface area (Å²) in [4.78, 5) is 11.2. The molecular weight excluding hydrogens is 233 g/mol. The molecule has 0 bridgehead atoms. The molecule has 0 unspecified atom stereocenters. The van der Waals surface area contributed by atoms with Crippen molar-refractivity contribution >= 4 is 0 Å². The lowest BCUT2D eigenvalue weighted by Gasteiger charge is -2.10. The van der Waals surface area contributed by atoms with Crippen LogP contribution < -0.4 is 5.63 Å². The van der Waals surface area contributed by atoms with Crippen LogP contribution in [0.4, 0.5) is 13.2 Å². The highest BCUT2D eigenvalue weighted by molar-refractivity contribution is 5.66. The first kappa shape index (κ1) is 11.4. The van der Waals surface area contributed by atoms with Crippen molar-refractivity contribution in [2.45, 2.75) is 6.18 Å². The van der Waals surface area contributed by atoms with E-state index in [0.717, 1.165) is 12.3 Å². The normalized spacial score (nSPS) is 11.5. The number of hydrogen-bond acceptors (Lipinski definition) is 2. The maximum atomic E-state index is 12.7. The molecule has 0 spiro atoms. The van der Waals surface area contributed by atoms with Gasteiger partial charge in [-0.05, 0) is 11.6 Å². The predicted molar refractivity (Wildman–Crippen MR) is 55.4 cm³/mol. The van der Waals surface area contributed by atoms with Crippen molar-refractivity contribution < 1.29 is 17.6 Å². The Hall–Kier alpha value is -2.04. The van der Waals surface area contributed by atoms with Gasteiger partial charge in [-0.1, -0.05) is 30.3 Å². The zero-order valence-electron chi connectivity index (χ0n) is 8.49. The van der Waals surface area contributed by atoms with Crippen LogP contribution in [-0.2, 0) is 6.18 Å². The topological polar surface area (TPSA) is 30.2 Å². The Morgan fingerprint density at radius 3 is 2.24 bits per heavy atom. The number of benzene rings is 1. The van der Waals surface area contributed by atoms with E-state index in [-0.39, 0.29) is 5.56 Å². The van der Waals surface area contributed by atoms with Gasteiger partial charge in [0.05, 0.1) is 6.26 Å². The fourth-order valence-electron chi connectivity index (χ4n) is 1.54. The van der Waals surface area contributed by atoms with Crippen LogP contribution >= 0.6 is 0 Å². The summed E-state index contributed by atoms with van der Waals surface area (Å²) in [6.07, 6.45) is -3.77. The quantitative estimate of drug-likeness (QED) is 0.765. The number of rotatable bonds is 1. The Bertz CT molecular complexity index is 570. The van der Waals surface area contributed by atoms with Crippen molar-refractivity contribution in [3.63, 3.8) is 0 Å². The van der Waals surface area contributed by atoms with Crippen molar-refractivity contribution in [1.29, 1.82) is 0 Å². The van der Waals surface area contributed by atoms with Crippen LogP contribution in [0.25, 0.3) is 11.1 Å². The Balaban J connectivity index is 2.72. The van der Waals surface area contributed by atoms with Gasteiger partial charge in [-0.15, -0.1) is 0 Å². The minimum Gasteiger partial charge on any atom is -0.431 e. The van der Waals surface area contributed by atoms with Crippen LogP contribution in [0.15, 0.2) is 51.9 Å². The zero-order chi connectivity index (χ0) is 12.5. The van der Waals surface area contributed by atoms with Crippen molar-refractivity contribution in [2.75, 3.05) is 0 Å². The third kappa shape index (κ3) is 2.22. The summed E-state index contributed by atoms with van der Waals surface area (Å²) in [5.74, 6) is 0. The second-order valence-electron chi connectivity index (χ2n) is 3.36. The highest BCUT2D eigenvalue weighted by Gasteiger charge is 2.37. The first-order valence-corrected chi connectivity index (χ1v) is 4.74. The van der Waals surface area contributed by atoms with Crippen LogP contribution in [-0.4, -0.2) is 0 Å². The molecular formula is C12H7F3O2. The summed E-state index contributed by atoms with van der Waals surface area (Å²) in [5.41, 5.74) is -2.49. The lowest BCUT2D eigenvalue weighted by atomic mass is 10.0. The average molecular weight is 240 g/mol. The number of alkyl halides is 3. The first-order chi connectivity index (χ1) is 8.00. The molecule has 0 amide bonds. The lowest BCUT2D eigenvalue weighted by molar-refractivity contribution is -0.139. The van der Waals surface area contributed by atoms with E-state index in [1.807, 2.05) is 0 Å². The molecule has 1 heterocycles. The number of hydrogen-bond donors (Lipinski definition) is 0. The third-order valence-corrected chi connectivity index (χ3v) is 2.25. The third-order valence-electron chi connectivity index (χ3n) is 2.25. The van der Waals surface area contributed by atoms with E-state index in [1.54, 1.807) is 18.2 Å². The Morgan fingerprint density at radius 2 is 1.65 bits per heavy atom. The second-order valence-corrected chi connectivity index (χ2v) is 3.36. The molecule has 0 saturated carbocycles. The minimum absolute atomic E-state index is 0.172. The second kappa shape index (κ2) is 4.08. The van der Waals surface area contributed by atoms with Gasteiger partial charge in [-0.2, -0.15) is 13.2 Å². The molecule has 2 nitrogen and oxygen atoms in total. The molecule has 2 rings (SSSR count). The molecule has 0 aliphatic heterocycles. The van der Waals surface area contributed by atoms with Crippen LogP contribution in [0.3, 0.4) is 0 Å². The monoisotopic (exact) mass is 240 g/mol. The van der Waals surface area contributed by atoms with Crippen molar-refractivity contribution in [3.8, 4) is 11.1 Å². The molecule has 17 heavy (non-hydrogen) atoms. The molecule has 5 heteroatoms. The molecule has 0 N–H and O–H groups in total. The maximum absolute atomic E-state index is 12.7. The van der Waals surface area contributed by atoms with E-state index in [9.17, 15) is 18.0 Å². The molecule has 0 atom stereocenters. The Kier molecular flexibility index (Phi) is 2.75. The summed E-state index contributed by atoms with van der Waals surface area (Å²) in [6, 6.07) is 9.03. The molecule has 1 aromatic heterocycles. The lowest BCUT2D eigenvalue weighted by Crippen LogP contribution is -2.19. The number of halogens is 3. The van der Waals surface area contributed by atoms with E-state index in [0.29, 0.717) is 5.56 Å². The van der Waals surface area contributed by atoms with E-state index < -0.39 is 17.4 Å². The van der Waals surface area contributed by atoms with E-state index in [2.05, 4.69) is 4.42 Å². The molecule has 2 aromatic rings. The van der Waals surface area contributed by atoms with Gasteiger partial charge in [0, 0.05) is 5.56 Å². The minimum atomic E-state index is -4.73. The molecule has 88 valence electrons. The Morgan fingerprint density at radius 1 is 1.00 bits per heavy atom. The van der Waals surface area contributed by atoms with Gasteiger partial charge >= 0.3 is 11.8 Å². The van der Waals surface area contributed by atoms with E-state index in [1.165, 1.54) is 12.1 Å². The van der Waals surface area contributed by atoms with E-state index in [4.69, 9.17) is 0 Å². The highest BCUT2D eigenvalue weighted by atomic mass is 19.4. The average Bonchev–Trinajstić information content (AvgIpc) is 2.28. The van der Waals surface area contributed by atoms with Crippen LogP contribution in [0.2, 0.25) is 0 Å². The maximum Gasteiger partial charge on any atom is 0.424 e. The van der Waals surface area contributed by atoms with Gasteiger partial charge in [-0.25, -0.2) is 4.79 Å². The van der Waals surface area contributed by atoms with Crippen LogP contribution in [0.5, 0.6) is 0 Å². The fraction of sp³-hybridized carbons (Fsp3) is 0.0833. The van der Waals surface area contributed by atoms with Crippen molar-refractivity contribution in [3.05, 3.63) is 58.6 Å². The molecule has 0 radical (unpaired) electrons. The Labute approximate surface area is 94.3 Å².